The first-order chi connectivity index (χ1) is 12.6. The predicted molar refractivity (Wildman–Crippen MR) is 97.0 cm³/mol. The lowest BCUT2D eigenvalue weighted by Crippen LogP contribution is -2.35. The van der Waals surface area contributed by atoms with E-state index in [4.69, 9.17) is 4.52 Å². The summed E-state index contributed by atoms with van der Waals surface area (Å²) < 4.78 is 18.6. The molecule has 1 aromatic heterocycles. The zero-order valence-electron chi connectivity index (χ0n) is 15.3. The van der Waals surface area contributed by atoms with E-state index in [1.54, 1.807) is 19.1 Å². The molecule has 1 aliphatic carbocycles. The first kappa shape index (κ1) is 18.5. The van der Waals surface area contributed by atoms with Gasteiger partial charge in [-0.2, -0.15) is 4.98 Å². The van der Waals surface area contributed by atoms with Gasteiger partial charge in [0.15, 0.2) is 0 Å². The molecule has 1 amide bonds. The number of nitrogens with one attached hydrogen (secondary N) is 1. The highest BCUT2D eigenvalue weighted by Crippen LogP contribution is 2.20. The van der Waals surface area contributed by atoms with Crippen LogP contribution in [0.4, 0.5) is 4.39 Å². The molecule has 1 aromatic carbocycles. The van der Waals surface area contributed by atoms with E-state index in [-0.39, 0.29) is 11.7 Å². The highest BCUT2D eigenvalue weighted by Gasteiger charge is 2.16. The first-order valence-corrected chi connectivity index (χ1v) is 9.50. The standard InChI is InChI=1S/C20H26FN3O2/c1-14-13-15(9-10-17(14)21)20-23-19(26-24-20)12-11-18(25)22-16-7-5-3-2-4-6-8-16/h9-10,13,16H,2-8,11-12H2,1H3,(H,22,25). The van der Waals surface area contributed by atoms with Crippen molar-refractivity contribution in [3.63, 3.8) is 0 Å². The Balaban J connectivity index is 1.50. The highest BCUT2D eigenvalue weighted by molar-refractivity contribution is 5.76. The molecule has 3 rings (SSSR count). The molecular weight excluding hydrogens is 333 g/mol. The molecule has 6 heteroatoms. The summed E-state index contributed by atoms with van der Waals surface area (Å²) in [5.41, 5.74) is 1.24. The Morgan fingerprint density at radius 1 is 1.23 bits per heavy atom. The van der Waals surface area contributed by atoms with Crippen LogP contribution >= 0.6 is 0 Å². The molecule has 0 saturated heterocycles. The van der Waals surface area contributed by atoms with Crippen molar-refractivity contribution in [2.75, 3.05) is 0 Å². The molecule has 1 saturated carbocycles. The summed E-state index contributed by atoms with van der Waals surface area (Å²) in [6.07, 6.45) is 9.10. The van der Waals surface area contributed by atoms with Crippen LogP contribution < -0.4 is 5.32 Å². The van der Waals surface area contributed by atoms with Crippen molar-refractivity contribution in [3.8, 4) is 11.4 Å². The number of hydrogen-bond acceptors (Lipinski definition) is 4. The van der Waals surface area contributed by atoms with Crippen LogP contribution in [0.1, 0.15) is 62.8 Å². The van der Waals surface area contributed by atoms with Crippen LogP contribution in [0.3, 0.4) is 0 Å². The maximum absolute atomic E-state index is 13.4. The molecule has 0 radical (unpaired) electrons. The lowest BCUT2D eigenvalue weighted by Gasteiger charge is -2.20. The molecule has 2 aromatic rings. The second-order valence-electron chi connectivity index (χ2n) is 7.09. The van der Waals surface area contributed by atoms with E-state index in [1.165, 1.54) is 38.2 Å². The van der Waals surface area contributed by atoms with Crippen LogP contribution in [0.5, 0.6) is 0 Å². The number of rotatable bonds is 5. The lowest BCUT2D eigenvalue weighted by molar-refractivity contribution is -0.122. The smallest absolute Gasteiger partial charge is 0.227 e. The largest absolute Gasteiger partial charge is 0.353 e. The van der Waals surface area contributed by atoms with Gasteiger partial charge in [-0.05, 0) is 43.5 Å². The number of hydrogen-bond donors (Lipinski definition) is 1. The van der Waals surface area contributed by atoms with Gasteiger partial charge in [-0.1, -0.05) is 37.3 Å². The SMILES string of the molecule is Cc1cc(-c2noc(CCC(=O)NC3CCCCCCC3)n2)ccc1F. The average molecular weight is 359 g/mol. The Labute approximate surface area is 153 Å². The van der Waals surface area contributed by atoms with Gasteiger partial charge in [0.25, 0.3) is 0 Å². The van der Waals surface area contributed by atoms with E-state index in [2.05, 4.69) is 15.5 Å². The fourth-order valence-electron chi connectivity index (χ4n) is 3.38. The van der Waals surface area contributed by atoms with Crippen LogP contribution in [0, 0.1) is 12.7 Å². The third kappa shape index (κ3) is 5.13. The van der Waals surface area contributed by atoms with Crippen molar-refractivity contribution in [2.24, 2.45) is 0 Å². The summed E-state index contributed by atoms with van der Waals surface area (Å²) in [7, 11) is 0. The Kier molecular flexibility index (Phi) is 6.36. The van der Waals surface area contributed by atoms with Gasteiger partial charge in [0.2, 0.25) is 17.6 Å². The molecule has 1 aliphatic rings. The molecule has 1 heterocycles. The summed E-state index contributed by atoms with van der Waals surface area (Å²) in [4.78, 5) is 16.5. The van der Waals surface area contributed by atoms with Gasteiger partial charge in [-0.15, -0.1) is 0 Å². The third-order valence-corrected chi connectivity index (χ3v) is 4.92. The minimum Gasteiger partial charge on any atom is -0.353 e. The van der Waals surface area contributed by atoms with Gasteiger partial charge in [0, 0.05) is 24.4 Å². The van der Waals surface area contributed by atoms with E-state index in [9.17, 15) is 9.18 Å². The van der Waals surface area contributed by atoms with Crippen molar-refractivity contribution in [1.82, 2.24) is 15.5 Å². The summed E-state index contributed by atoms with van der Waals surface area (Å²) in [6.45, 7) is 1.69. The number of amides is 1. The molecule has 1 fully saturated rings. The van der Waals surface area contributed by atoms with Crippen LogP contribution in [-0.4, -0.2) is 22.1 Å². The van der Waals surface area contributed by atoms with Crippen molar-refractivity contribution in [1.29, 1.82) is 0 Å². The quantitative estimate of drug-likeness (QED) is 0.862. The maximum Gasteiger partial charge on any atom is 0.227 e. The van der Waals surface area contributed by atoms with Crippen molar-refractivity contribution >= 4 is 5.91 Å². The van der Waals surface area contributed by atoms with Crippen LogP contribution in [-0.2, 0) is 11.2 Å². The van der Waals surface area contributed by atoms with Crippen molar-refractivity contribution in [2.45, 2.75) is 70.8 Å². The molecule has 0 unspecified atom stereocenters. The fraction of sp³-hybridized carbons (Fsp3) is 0.550. The molecule has 5 nitrogen and oxygen atoms in total. The summed E-state index contributed by atoms with van der Waals surface area (Å²) >= 11 is 0. The Morgan fingerprint density at radius 3 is 2.69 bits per heavy atom. The van der Waals surface area contributed by atoms with E-state index < -0.39 is 0 Å². The van der Waals surface area contributed by atoms with E-state index >= 15 is 0 Å². The van der Waals surface area contributed by atoms with Crippen LogP contribution in [0.25, 0.3) is 11.4 Å². The van der Waals surface area contributed by atoms with Gasteiger partial charge in [-0.25, -0.2) is 4.39 Å². The van der Waals surface area contributed by atoms with Gasteiger partial charge >= 0.3 is 0 Å². The first-order valence-electron chi connectivity index (χ1n) is 9.50. The number of benzene rings is 1. The molecule has 0 bridgehead atoms. The number of carbonyl (C=O) groups excluding carboxylic acids is 1. The summed E-state index contributed by atoms with van der Waals surface area (Å²) in [5.74, 6) is 0.620. The topological polar surface area (TPSA) is 68.0 Å². The number of aromatic nitrogens is 2. The van der Waals surface area contributed by atoms with E-state index in [0.717, 1.165) is 12.8 Å². The zero-order chi connectivity index (χ0) is 18.4. The van der Waals surface area contributed by atoms with Gasteiger partial charge in [0.05, 0.1) is 0 Å². The Bertz CT molecular complexity index is 736. The van der Waals surface area contributed by atoms with Crippen molar-refractivity contribution < 1.29 is 13.7 Å². The number of aryl methyl sites for hydroxylation is 2. The number of halogens is 1. The predicted octanol–water partition coefficient (Wildman–Crippen LogP) is 4.35. The van der Waals surface area contributed by atoms with E-state index in [1.807, 2.05) is 0 Å². The van der Waals surface area contributed by atoms with Crippen LogP contribution in [0.2, 0.25) is 0 Å². The van der Waals surface area contributed by atoms with Crippen molar-refractivity contribution in [3.05, 3.63) is 35.5 Å². The van der Waals surface area contributed by atoms with Gasteiger partial charge < -0.3 is 9.84 Å². The average Bonchev–Trinajstić information content (AvgIpc) is 3.07. The summed E-state index contributed by atoms with van der Waals surface area (Å²) in [5, 5.41) is 7.07. The van der Waals surface area contributed by atoms with Crippen LogP contribution in [0.15, 0.2) is 22.7 Å². The Morgan fingerprint density at radius 2 is 1.96 bits per heavy atom. The highest BCUT2D eigenvalue weighted by atomic mass is 19.1. The molecule has 0 atom stereocenters. The monoisotopic (exact) mass is 359 g/mol. The lowest BCUT2D eigenvalue weighted by atomic mass is 9.96. The molecule has 1 N–H and O–H groups in total. The fourth-order valence-corrected chi connectivity index (χ4v) is 3.38. The number of nitrogens with zero attached hydrogens (tertiary/aromatic N) is 2. The second-order valence-corrected chi connectivity index (χ2v) is 7.09. The number of carbonyl (C=O) groups is 1. The minimum atomic E-state index is -0.261. The van der Waals surface area contributed by atoms with E-state index in [0.29, 0.717) is 41.7 Å². The maximum atomic E-state index is 13.4. The van der Waals surface area contributed by atoms with Gasteiger partial charge in [0.1, 0.15) is 5.82 Å². The minimum absolute atomic E-state index is 0.0351. The molecular formula is C20H26FN3O2. The zero-order valence-corrected chi connectivity index (χ0v) is 15.3. The van der Waals surface area contributed by atoms with Gasteiger partial charge in [-0.3, -0.25) is 4.79 Å². The molecule has 140 valence electrons. The summed E-state index contributed by atoms with van der Waals surface area (Å²) in [6, 6.07) is 5.00. The molecule has 26 heavy (non-hydrogen) atoms. The molecule has 0 aliphatic heterocycles. The third-order valence-electron chi connectivity index (χ3n) is 4.92. The Hall–Kier alpha value is -2.24. The molecule has 0 spiro atoms. The second kappa shape index (κ2) is 8.92. The normalized spacial score (nSPS) is 16.1.